The summed E-state index contributed by atoms with van der Waals surface area (Å²) in [5, 5.41) is 37.7. The molecule has 0 aromatic heterocycles. The van der Waals surface area contributed by atoms with E-state index in [1.54, 1.807) is 6.92 Å². The van der Waals surface area contributed by atoms with Gasteiger partial charge in [-0.3, -0.25) is 0 Å². The van der Waals surface area contributed by atoms with Gasteiger partial charge in [-0.1, -0.05) is 0 Å². The molecule has 1 fully saturated rings. The molecule has 0 aromatic rings. The van der Waals surface area contributed by atoms with Crippen LogP contribution in [0.3, 0.4) is 0 Å². The van der Waals surface area contributed by atoms with Crippen LogP contribution in [-0.2, 0) is 9.53 Å². The van der Waals surface area contributed by atoms with Crippen molar-refractivity contribution in [1.29, 1.82) is 0 Å². The Morgan fingerprint density at radius 1 is 1.33 bits per heavy atom. The standard InChI is InChI=1S/C9H16O6/c1-2-15-8(13)9(14)3-5(10)7(12)6(11)4-9/h5-7,10-12,14H,2-4H2,1H3/t5-,6-,7?,9?/m1/s1. The summed E-state index contributed by atoms with van der Waals surface area (Å²) in [5.74, 6) is -0.880. The predicted molar refractivity (Wildman–Crippen MR) is 48.8 cm³/mol. The van der Waals surface area contributed by atoms with Gasteiger partial charge in [-0.2, -0.15) is 0 Å². The van der Waals surface area contributed by atoms with E-state index in [1.807, 2.05) is 0 Å². The van der Waals surface area contributed by atoms with E-state index in [1.165, 1.54) is 0 Å². The zero-order chi connectivity index (χ0) is 11.6. The molecule has 0 spiro atoms. The fourth-order valence-corrected chi connectivity index (χ4v) is 1.71. The summed E-state index contributed by atoms with van der Waals surface area (Å²) < 4.78 is 4.62. The Kier molecular flexibility index (Phi) is 3.67. The zero-order valence-electron chi connectivity index (χ0n) is 8.46. The average molecular weight is 220 g/mol. The van der Waals surface area contributed by atoms with Gasteiger partial charge in [0.1, 0.15) is 6.10 Å². The van der Waals surface area contributed by atoms with E-state index in [0.717, 1.165) is 0 Å². The molecule has 0 saturated heterocycles. The van der Waals surface area contributed by atoms with Crippen molar-refractivity contribution in [2.45, 2.75) is 43.7 Å². The molecule has 0 aromatic carbocycles. The van der Waals surface area contributed by atoms with Crippen LogP contribution >= 0.6 is 0 Å². The minimum atomic E-state index is -1.91. The van der Waals surface area contributed by atoms with Crippen molar-refractivity contribution in [2.24, 2.45) is 0 Å². The van der Waals surface area contributed by atoms with E-state index in [0.29, 0.717) is 0 Å². The van der Waals surface area contributed by atoms with Crippen LogP contribution in [0.4, 0.5) is 0 Å². The molecule has 0 unspecified atom stereocenters. The molecular weight excluding hydrogens is 204 g/mol. The summed E-state index contributed by atoms with van der Waals surface area (Å²) in [6.45, 7) is 1.70. The maximum Gasteiger partial charge on any atom is 0.338 e. The Morgan fingerprint density at radius 2 is 1.80 bits per heavy atom. The lowest BCUT2D eigenvalue weighted by molar-refractivity contribution is -0.191. The molecule has 1 rings (SSSR count). The van der Waals surface area contributed by atoms with Gasteiger partial charge in [0.25, 0.3) is 0 Å². The SMILES string of the molecule is CCOC(=O)C1(O)C[C@@H](O)C(O)[C@H](O)C1. The van der Waals surface area contributed by atoms with Crippen molar-refractivity contribution in [3.63, 3.8) is 0 Å². The largest absolute Gasteiger partial charge is 0.464 e. The van der Waals surface area contributed by atoms with Gasteiger partial charge in [0, 0.05) is 12.8 Å². The Bertz CT molecular complexity index is 229. The summed E-state index contributed by atoms with van der Waals surface area (Å²) in [6.07, 6.45) is -4.65. The van der Waals surface area contributed by atoms with Crippen LogP contribution in [0.25, 0.3) is 0 Å². The van der Waals surface area contributed by atoms with Gasteiger partial charge in [-0.15, -0.1) is 0 Å². The number of ether oxygens (including phenoxy) is 1. The van der Waals surface area contributed by atoms with Crippen molar-refractivity contribution in [3.05, 3.63) is 0 Å². The Morgan fingerprint density at radius 3 is 2.20 bits per heavy atom. The second-order valence-electron chi connectivity index (χ2n) is 3.79. The minimum Gasteiger partial charge on any atom is -0.464 e. The highest BCUT2D eigenvalue weighted by molar-refractivity contribution is 5.79. The molecular formula is C9H16O6. The first-order chi connectivity index (χ1) is 6.90. The molecule has 0 heterocycles. The molecule has 15 heavy (non-hydrogen) atoms. The molecule has 88 valence electrons. The molecule has 6 nitrogen and oxygen atoms in total. The number of aliphatic hydroxyl groups is 4. The maximum atomic E-state index is 11.3. The van der Waals surface area contributed by atoms with E-state index < -0.39 is 29.9 Å². The van der Waals surface area contributed by atoms with E-state index in [2.05, 4.69) is 4.74 Å². The summed E-state index contributed by atoms with van der Waals surface area (Å²) in [5.41, 5.74) is -1.91. The van der Waals surface area contributed by atoms with Crippen LogP contribution < -0.4 is 0 Å². The number of aliphatic hydroxyl groups excluding tert-OH is 3. The summed E-state index contributed by atoms with van der Waals surface area (Å²) >= 11 is 0. The van der Waals surface area contributed by atoms with Crippen LogP contribution in [-0.4, -0.2) is 56.9 Å². The van der Waals surface area contributed by atoms with Crippen molar-refractivity contribution in [1.82, 2.24) is 0 Å². The highest BCUT2D eigenvalue weighted by Crippen LogP contribution is 2.30. The third-order valence-electron chi connectivity index (χ3n) is 2.54. The van der Waals surface area contributed by atoms with Gasteiger partial charge < -0.3 is 25.2 Å². The summed E-state index contributed by atoms with van der Waals surface area (Å²) in [6, 6.07) is 0. The lowest BCUT2D eigenvalue weighted by Gasteiger charge is -2.38. The summed E-state index contributed by atoms with van der Waals surface area (Å²) in [4.78, 5) is 11.3. The second kappa shape index (κ2) is 4.44. The van der Waals surface area contributed by atoms with Crippen LogP contribution in [0.15, 0.2) is 0 Å². The van der Waals surface area contributed by atoms with Crippen LogP contribution in [0.1, 0.15) is 19.8 Å². The van der Waals surface area contributed by atoms with E-state index in [9.17, 15) is 25.2 Å². The van der Waals surface area contributed by atoms with Gasteiger partial charge in [-0.25, -0.2) is 4.79 Å². The third-order valence-corrected chi connectivity index (χ3v) is 2.54. The third kappa shape index (κ3) is 2.46. The van der Waals surface area contributed by atoms with Gasteiger partial charge in [0.15, 0.2) is 5.60 Å². The smallest absolute Gasteiger partial charge is 0.338 e. The highest BCUT2D eigenvalue weighted by Gasteiger charge is 2.49. The molecule has 0 amide bonds. The maximum absolute atomic E-state index is 11.3. The zero-order valence-corrected chi connectivity index (χ0v) is 8.46. The molecule has 0 bridgehead atoms. The van der Waals surface area contributed by atoms with Crippen molar-refractivity contribution < 1.29 is 30.0 Å². The van der Waals surface area contributed by atoms with Crippen molar-refractivity contribution in [2.75, 3.05) is 6.61 Å². The monoisotopic (exact) mass is 220 g/mol. The van der Waals surface area contributed by atoms with Crippen LogP contribution in [0.2, 0.25) is 0 Å². The molecule has 6 heteroatoms. The topological polar surface area (TPSA) is 107 Å². The van der Waals surface area contributed by atoms with Crippen molar-refractivity contribution in [3.8, 4) is 0 Å². The fourth-order valence-electron chi connectivity index (χ4n) is 1.71. The van der Waals surface area contributed by atoms with Crippen LogP contribution in [0.5, 0.6) is 0 Å². The molecule has 4 N–H and O–H groups in total. The fraction of sp³-hybridized carbons (Fsp3) is 0.889. The first kappa shape index (κ1) is 12.4. The Labute approximate surface area is 87.1 Å². The quantitative estimate of drug-likeness (QED) is 0.407. The van der Waals surface area contributed by atoms with Crippen molar-refractivity contribution >= 4 is 5.97 Å². The predicted octanol–water partition coefficient (Wildman–Crippen LogP) is -1.84. The molecule has 0 aliphatic heterocycles. The number of hydrogen-bond donors (Lipinski definition) is 4. The lowest BCUT2D eigenvalue weighted by Crippen LogP contribution is -2.56. The molecule has 2 atom stereocenters. The molecule has 1 aliphatic rings. The first-order valence-corrected chi connectivity index (χ1v) is 4.84. The second-order valence-corrected chi connectivity index (χ2v) is 3.79. The van der Waals surface area contributed by atoms with E-state index >= 15 is 0 Å². The summed E-state index contributed by atoms with van der Waals surface area (Å²) in [7, 11) is 0. The van der Waals surface area contributed by atoms with Gasteiger partial charge in [0.2, 0.25) is 0 Å². The molecule has 1 aliphatic carbocycles. The normalized spacial score (nSPS) is 41.3. The Hall–Kier alpha value is -0.690. The number of carbonyl (C=O) groups is 1. The van der Waals surface area contributed by atoms with Gasteiger partial charge >= 0.3 is 5.97 Å². The average Bonchev–Trinajstić information content (AvgIpc) is 2.14. The van der Waals surface area contributed by atoms with Crippen LogP contribution in [0, 0.1) is 0 Å². The Balaban J connectivity index is 2.74. The first-order valence-electron chi connectivity index (χ1n) is 4.84. The highest BCUT2D eigenvalue weighted by atomic mass is 16.5. The lowest BCUT2D eigenvalue weighted by atomic mass is 9.80. The number of esters is 1. The number of hydrogen-bond acceptors (Lipinski definition) is 6. The molecule has 0 radical (unpaired) electrons. The minimum absolute atomic E-state index is 0.107. The van der Waals surface area contributed by atoms with Gasteiger partial charge in [-0.05, 0) is 6.92 Å². The number of rotatable bonds is 2. The number of carbonyl (C=O) groups excluding carboxylic acids is 1. The molecule has 1 saturated carbocycles. The van der Waals surface area contributed by atoms with Gasteiger partial charge in [0.05, 0.1) is 18.8 Å². The van der Waals surface area contributed by atoms with E-state index in [4.69, 9.17) is 0 Å². The van der Waals surface area contributed by atoms with E-state index in [-0.39, 0.29) is 19.4 Å².